The predicted octanol–water partition coefficient (Wildman–Crippen LogP) is 3.77. The quantitative estimate of drug-likeness (QED) is 0.748. The van der Waals surface area contributed by atoms with E-state index < -0.39 is 6.04 Å². The Labute approximate surface area is 128 Å². The lowest BCUT2D eigenvalue weighted by Crippen LogP contribution is -2.43. The topological polar surface area (TPSA) is 37.4 Å². The van der Waals surface area contributed by atoms with Crippen LogP contribution >= 0.6 is 0 Å². The molecule has 0 saturated carbocycles. The Kier molecular flexibility index (Phi) is 6.13. The summed E-state index contributed by atoms with van der Waals surface area (Å²) in [6, 6.07) is 5.28. The number of nitrogens with zero attached hydrogens (tertiary/aromatic N) is 1. The van der Waals surface area contributed by atoms with Crippen molar-refractivity contribution in [3.05, 3.63) is 34.9 Å². The number of hydrogen-bond donors (Lipinski definition) is 0. The maximum Gasteiger partial charge on any atom is 0.226 e. The highest BCUT2D eigenvalue weighted by Gasteiger charge is 2.27. The molecule has 0 fully saturated rings. The minimum absolute atomic E-state index is 0.0000869. The van der Waals surface area contributed by atoms with Crippen LogP contribution in [-0.2, 0) is 4.79 Å². The van der Waals surface area contributed by atoms with Gasteiger partial charge in [-0.25, -0.2) is 0 Å². The molecule has 1 aromatic carbocycles. The number of carbonyl (C=O) groups is 2. The Morgan fingerprint density at radius 2 is 1.67 bits per heavy atom. The van der Waals surface area contributed by atoms with Crippen molar-refractivity contribution in [2.45, 2.75) is 53.5 Å². The van der Waals surface area contributed by atoms with Crippen molar-refractivity contribution >= 4 is 11.7 Å². The largest absolute Gasteiger partial charge is 0.335 e. The molecule has 1 aromatic rings. The minimum Gasteiger partial charge on any atom is -0.335 e. The van der Waals surface area contributed by atoms with Crippen LogP contribution in [0.2, 0.25) is 0 Å². The van der Waals surface area contributed by atoms with Crippen molar-refractivity contribution in [2.24, 2.45) is 5.92 Å². The monoisotopic (exact) mass is 289 g/mol. The highest BCUT2D eigenvalue weighted by molar-refractivity contribution is 6.01. The van der Waals surface area contributed by atoms with Crippen LogP contribution in [0.15, 0.2) is 18.2 Å². The van der Waals surface area contributed by atoms with Crippen LogP contribution < -0.4 is 0 Å². The molecule has 1 amide bonds. The summed E-state index contributed by atoms with van der Waals surface area (Å²) in [6.45, 7) is 9.84. The van der Waals surface area contributed by atoms with Crippen LogP contribution in [0.4, 0.5) is 0 Å². The van der Waals surface area contributed by atoms with Gasteiger partial charge in [-0.15, -0.1) is 0 Å². The van der Waals surface area contributed by atoms with Crippen molar-refractivity contribution in [3.8, 4) is 0 Å². The van der Waals surface area contributed by atoms with Gasteiger partial charge >= 0.3 is 0 Å². The lowest BCUT2D eigenvalue weighted by atomic mass is 9.97. The van der Waals surface area contributed by atoms with E-state index in [-0.39, 0.29) is 17.6 Å². The first-order chi connectivity index (χ1) is 9.83. The summed E-state index contributed by atoms with van der Waals surface area (Å²) in [5.74, 6) is 0.0644. The predicted molar refractivity (Wildman–Crippen MR) is 86.6 cm³/mol. The zero-order chi connectivity index (χ0) is 16.2. The lowest BCUT2D eigenvalue weighted by Gasteiger charge is -2.27. The Morgan fingerprint density at radius 1 is 1.10 bits per heavy atom. The molecule has 116 valence electrons. The number of hydrogen-bond acceptors (Lipinski definition) is 2. The van der Waals surface area contributed by atoms with Gasteiger partial charge < -0.3 is 4.90 Å². The highest BCUT2D eigenvalue weighted by Crippen LogP contribution is 2.17. The average Bonchev–Trinajstić information content (AvgIpc) is 2.48. The SMILES string of the molecule is CCC(CC)C(=O)N(C)C(C)C(=O)c1ccc(C)c(C)c1. The van der Waals surface area contributed by atoms with Gasteiger partial charge in [-0.1, -0.05) is 26.0 Å². The molecule has 0 heterocycles. The molecular formula is C18H27NO2. The molecule has 0 bridgehead atoms. The first-order valence-electron chi connectivity index (χ1n) is 7.71. The molecule has 0 spiro atoms. The van der Waals surface area contributed by atoms with E-state index in [1.54, 1.807) is 18.9 Å². The Hall–Kier alpha value is -1.64. The fourth-order valence-electron chi connectivity index (χ4n) is 2.43. The number of rotatable bonds is 6. The van der Waals surface area contributed by atoms with Gasteiger partial charge in [0.15, 0.2) is 5.78 Å². The fraction of sp³-hybridized carbons (Fsp3) is 0.556. The zero-order valence-electron chi connectivity index (χ0n) is 14.1. The van der Waals surface area contributed by atoms with E-state index in [0.29, 0.717) is 5.56 Å². The number of likely N-dealkylation sites (N-methyl/N-ethyl adjacent to an activating group) is 1. The summed E-state index contributed by atoms with van der Waals surface area (Å²) in [6.07, 6.45) is 1.62. The summed E-state index contributed by atoms with van der Waals surface area (Å²) >= 11 is 0. The maximum atomic E-state index is 12.6. The standard InChI is InChI=1S/C18H27NO2/c1-7-15(8-2)18(21)19(6)14(5)17(20)16-10-9-12(3)13(4)11-16/h9-11,14-15H,7-8H2,1-6H3. The Bertz CT molecular complexity index is 518. The van der Waals surface area contributed by atoms with Crippen molar-refractivity contribution in [1.29, 1.82) is 0 Å². The maximum absolute atomic E-state index is 12.6. The van der Waals surface area contributed by atoms with Crippen LogP contribution in [0.5, 0.6) is 0 Å². The molecule has 0 N–H and O–H groups in total. The number of Topliss-reactive ketones (excluding diaryl/α,β-unsaturated/α-hetero) is 1. The van der Waals surface area contributed by atoms with Gasteiger partial charge in [-0.05, 0) is 50.8 Å². The summed E-state index contributed by atoms with van der Waals surface area (Å²) in [5, 5.41) is 0. The number of amides is 1. The number of ketones is 1. The Morgan fingerprint density at radius 3 is 2.14 bits per heavy atom. The molecule has 0 saturated heterocycles. The first-order valence-corrected chi connectivity index (χ1v) is 7.71. The average molecular weight is 289 g/mol. The van der Waals surface area contributed by atoms with Gasteiger partial charge in [0.25, 0.3) is 0 Å². The third-order valence-electron chi connectivity index (χ3n) is 4.43. The van der Waals surface area contributed by atoms with Gasteiger partial charge in [-0.2, -0.15) is 0 Å². The molecule has 0 aliphatic rings. The van der Waals surface area contributed by atoms with Crippen LogP contribution in [0.3, 0.4) is 0 Å². The summed E-state index contributed by atoms with van der Waals surface area (Å²) < 4.78 is 0. The van der Waals surface area contributed by atoms with Crippen molar-refractivity contribution in [3.63, 3.8) is 0 Å². The third-order valence-corrected chi connectivity index (χ3v) is 4.43. The van der Waals surface area contributed by atoms with E-state index in [0.717, 1.165) is 18.4 Å². The highest BCUT2D eigenvalue weighted by atomic mass is 16.2. The lowest BCUT2D eigenvalue weighted by molar-refractivity contribution is -0.135. The summed E-state index contributed by atoms with van der Waals surface area (Å²) in [7, 11) is 1.73. The zero-order valence-corrected chi connectivity index (χ0v) is 14.1. The van der Waals surface area contributed by atoms with Crippen molar-refractivity contribution < 1.29 is 9.59 Å². The number of carbonyl (C=O) groups excluding carboxylic acids is 2. The molecule has 0 aliphatic heterocycles. The molecule has 21 heavy (non-hydrogen) atoms. The van der Waals surface area contributed by atoms with E-state index in [4.69, 9.17) is 0 Å². The van der Waals surface area contributed by atoms with Crippen LogP contribution in [-0.4, -0.2) is 29.7 Å². The smallest absolute Gasteiger partial charge is 0.226 e. The molecule has 0 aliphatic carbocycles. The fourth-order valence-corrected chi connectivity index (χ4v) is 2.43. The first kappa shape index (κ1) is 17.4. The molecule has 1 atom stereocenters. The second kappa shape index (κ2) is 7.39. The molecule has 0 aromatic heterocycles. The molecule has 1 unspecified atom stereocenters. The molecule has 0 radical (unpaired) electrons. The van der Waals surface area contributed by atoms with E-state index in [9.17, 15) is 9.59 Å². The molecule has 1 rings (SSSR count). The van der Waals surface area contributed by atoms with Gasteiger partial charge in [-0.3, -0.25) is 9.59 Å². The number of aryl methyl sites for hydroxylation is 2. The number of benzene rings is 1. The van der Waals surface area contributed by atoms with Crippen LogP contribution in [0.25, 0.3) is 0 Å². The molecular weight excluding hydrogens is 262 g/mol. The van der Waals surface area contributed by atoms with Gasteiger partial charge in [0, 0.05) is 18.5 Å². The second-order valence-corrected chi connectivity index (χ2v) is 5.80. The van der Waals surface area contributed by atoms with E-state index in [1.165, 1.54) is 5.56 Å². The normalized spacial score (nSPS) is 12.3. The van der Waals surface area contributed by atoms with Crippen LogP contribution in [0.1, 0.15) is 55.1 Å². The van der Waals surface area contributed by atoms with Crippen molar-refractivity contribution in [1.82, 2.24) is 4.90 Å². The molecule has 3 nitrogen and oxygen atoms in total. The summed E-state index contributed by atoms with van der Waals surface area (Å²) in [5.41, 5.74) is 2.94. The summed E-state index contributed by atoms with van der Waals surface area (Å²) in [4.78, 5) is 26.5. The molecule has 3 heteroatoms. The van der Waals surface area contributed by atoms with Crippen molar-refractivity contribution in [2.75, 3.05) is 7.05 Å². The minimum atomic E-state index is -0.430. The second-order valence-electron chi connectivity index (χ2n) is 5.80. The van der Waals surface area contributed by atoms with E-state index in [2.05, 4.69) is 0 Å². The third kappa shape index (κ3) is 3.93. The van der Waals surface area contributed by atoms with Crippen LogP contribution in [0, 0.1) is 19.8 Å². The van der Waals surface area contributed by atoms with Gasteiger partial charge in [0.2, 0.25) is 5.91 Å². The van der Waals surface area contributed by atoms with E-state index >= 15 is 0 Å². The Balaban J connectivity index is 2.91. The van der Waals surface area contributed by atoms with E-state index in [1.807, 2.05) is 45.9 Å². The van der Waals surface area contributed by atoms with Gasteiger partial charge in [0.1, 0.15) is 0 Å². The van der Waals surface area contributed by atoms with Gasteiger partial charge in [0.05, 0.1) is 6.04 Å².